The van der Waals surface area contributed by atoms with Crippen LogP contribution in [0.4, 0.5) is 0 Å². The topological polar surface area (TPSA) is 63.5 Å². The molecule has 0 radical (unpaired) electrons. The van der Waals surface area contributed by atoms with Crippen molar-refractivity contribution in [1.29, 1.82) is 0 Å². The van der Waals surface area contributed by atoms with Crippen LogP contribution in [0.25, 0.3) is 0 Å². The molecule has 1 aromatic carbocycles. The molecule has 0 aliphatic rings. The van der Waals surface area contributed by atoms with Crippen molar-refractivity contribution < 1.29 is 4.74 Å². The molecule has 0 aliphatic carbocycles. The highest BCUT2D eigenvalue weighted by molar-refractivity contribution is 5.79. The number of aliphatic imine (C=N–C) groups is 1. The molecule has 1 heterocycles. The van der Waals surface area contributed by atoms with Crippen LogP contribution in [-0.2, 0) is 13.5 Å². The van der Waals surface area contributed by atoms with Gasteiger partial charge in [0.2, 0.25) is 0 Å². The molecule has 2 aromatic rings. The molecule has 1 atom stereocenters. The Hall–Kier alpha value is -2.50. The average Bonchev–Trinajstić information content (AvgIpc) is 3.08. The van der Waals surface area contributed by atoms with E-state index in [9.17, 15) is 0 Å². The van der Waals surface area contributed by atoms with Crippen molar-refractivity contribution in [3.05, 3.63) is 47.8 Å². The Labute approximate surface area is 156 Å². The van der Waals surface area contributed by atoms with Gasteiger partial charge in [0.25, 0.3) is 0 Å². The number of aromatic nitrogens is 2. The number of methoxy groups -OCH3 is 1. The number of hydrogen-bond donors (Lipinski definition) is 2. The summed E-state index contributed by atoms with van der Waals surface area (Å²) in [6.45, 7) is 4.02. The van der Waals surface area contributed by atoms with E-state index in [2.05, 4.69) is 46.0 Å². The summed E-state index contributed by atoms with van der Waals surface area (Å²) in [5.74, 6) is 2.24. The first-order chi connectivity index (χ1) is 12.6. The number of nitrogens with one attached hydrogen (secondary N) is 2. The Kier molecular flexibility index (Phi) is 7.99. The molecule has 0 fully saturated rings. The number of benzene rings is 1. The van der Waals surface area contributed by atoms with E-state index >= 15 is 0 Å². The Balaban J connectivity index is 1.64. The molecule has 0 saturated heterocycles. The molecule has 142 valence electrons. The Morgan fingerprint density at radius 3 is 2.58 bits per heavy atom. The van der Waals surface area contributed by atoms with Crippen molar-refractivity contribution in [2.75, 3.05) is 27.2 Å². The van der Waals surface area contributed by atoms with Crippen molar-refractivity contribution in [3.8, 4) is 5.75 Å². The molecule has 2 N–H and O–H groups in total. The SMILES string of the molecule is CN=C(NCCCc1cnn(C)c1)NCCC(C)c1ccc(OC)cc1. The Morgan fingerprint density at radius 2 is 1.96 bits per heavy atom. The van der Waals surface area contributed by atoms with Gasteiger partial charge in [0.15, 0.2) is 5.96 Å². The quantitative estimate of drug-likeness (QED) is 0.411. The van der Waals surface area contributed by atoms with E-state index in [0.29, 0.717) is 5.92 Å². The van der Waals surface area contributed by atoms with Crippen LogP contribution in [0.5, 0.6) is 5.75 Å². The summed E-state index contributed by atoms with van der Waals surface area (Å²) in [4.78, 5) is 4.29. The fraction of sp³-hybridized carbons (Fsp3) is 0.500. The second-order valence-corrected chi connectivity index (χ2v) is 6.51. The molecule has 6 nitrogen and oxygen atoms in total. The van der Waals surface area contributed by atoms with Crippen LogP contribution < -0.4 is 15.4 Å². The molecular weight excluding hydrogens is 326 g/mol. The molecule has 0 amide bonds. The van der Waals surface area contributed by atoms with Crippen LogP contribution in [0.15, 0.2) is 41.7 Å². The fourth-order valence-electron chi connectivity index (χ4n) is 2.83. The lowest BCUT2D eigenvalue weighted by atomic mass is 9.98. The first-order valence-corrected chi connectivity index (χ1v) is 9.18. The van der Waals surface area contributed by atoms with Crippen molar-refractivity contribution in [2.45, 2.75) is 32.1 Å². The van der Waals surface area contributed by atoms with Crippen LogP contribution in [0.1, 0.15) is 36.8 Å². The molecule has 0 saturated carbocycles. The van der Waals surface area contributed by atoms with Gasteiger partial charge >= 0.3 is 0 Å². The van der Waals surface area contributed by atoms with Gasteiger partial charge in [-0.2, -0.15) is 5.10 Å². The van der Waals surface area contributed by atoms with Crippen molar-refractivity contribution in [3.63, 3.8) is 0 Å². The molecule has 0 bridgehead atoms. The van der Waals surface area contributed by atoms with Gasteiger partial charge in [-0.05, 0) is 48.4 Å². The van der Waals surface area contributed by atoms with Gasteiger partial charge in [-0.1, -0.05) is 19.1 Å². The molecule has 26 heavy (non-hydrogen) atoms. The number of hydrogen-bond acceptors (Lipinski definition) is 3. The molecule has 1 unspecified atom stereocenters. The highest BCUT2D eigenvalue weighted by atomic mass is 16.5. The third kappa shape index (κ3) is 6.43. The van der Waals surface area contributed by atoms with E-state index in [4.69, 9.17) is 4.74 Å². The first kappa shape index (κ1) is 19.8. The van der Waals surface area contributed by atoms with E-state index in [1.807, 2.05) is 37.1 Å². The normalized spacial score (nSPS) is 12.7. The molecule has 1 aromatic heterocycles. The number of aryl methyl sites for hydroxylation is 2. The lowest BCUT2D eigenvalue weighted by Crippen LogP contribution is -2.38. The average molecular weight is 358 g/mol. The maximum absolute atomic E-state index is 5.21. The summed E-state index contributed by atoms with van der Waals surface area (Å²) in [6, 6.07) is 8.30. The monoisotopic (exact) mass is 357 g/mol. The summed E-state index contributed by atoms with van der Waals surface area (Å²) in [5.41, 5.74) is 2.59. The van der Waals surface area contributed by atoms with Crippen molar-refractivity contribution in [2.24, 2.45) is 12.0 Å². The van der Waals surface area contributed by atoms with E-state index in [1.165, 1.54) is 11.1 Å². The number of rotatable bonds is 9. The van der Waals surface area contributed by atoms with Gasteiger partial charge < -0.3 is 15.4 Å². The summed E-state index contributed by atoms with van der Waals surface area (Å²) >= 11 is 0. The van der Waals surface area contributed by atoms with Gasteiger partial charge in [0.05, 0.1) is 13.3 Å². The summed E-state index contributed by atoms with van der Waals surface area (Å²) in [7, 11) is 5.45. The molecular formula is C20H31N5O. The molecule has 0 aliphatic heterocycles. The zero-order chi connectivity index (χ0) is 18.8. The zero-order valence-corrected chi connectivity index (χ0v) is 16.3. The fourth-order valence-corrected chi connectivity index (χ4v) is 2.83. The number of guanidine groups is 1. The van der Waals surface area contributed by atoms with Crippen LogP contribution in [-0.4, -0.2) is 43.0 Å². The molecule has 2 rings (SSSR count). The summed E-state index contributed by atoms with van der Waals surface area (Å²) in [5, 5.41) is 11.0. The predicted molar refractivity (Wildman–Crippen MR) is 107 cm³/mol. The van der Waals surface area contributed by atoms with Gasteiger partial charge in [-0.15, -0.1) is 0 Å². The third-order valence-electron chi connectivity index (χ3n) is 4.47. The first-order valence-electron chi connectivity index (χ1n) is 9.18. The lowest BCUT2D eigenvalue weighted by Gasteiger charge is -2.15. The highest BCUT2D eigenvalue weighted by Crippen LogP contribution is 2.21. The van der Waals surface area contributed by atoms with Crippen LogP contribution in [0.2, 0.25) is 0 Å². The van der Waals surface area contributed by atoms with E-state index < -0.39 is 0 Å². The zero-order valence-electron chi connectivity index (χ0n) is 16.3. The van der Waals surface area contributed by atoms with Gasteiger partial charge in [0.1, 0.15) is 5.75 Å². The molecule has 6 heteroatoms. The maximum Gasteiger partial charge on any atom is 0.190 e. The van der Waals surface area contributed by atoms with Crippen LogP contribution in [0.3, 0.4) is 0 Å². The second-order valence-electron chi connectivity index (χ2n) is 6.51. The Morgan fingerprint density at radius 1 is 1.23 bits per heavy atom. The minimum Gasteiger partial charge on any atom is -0.497 e. The van der Waals surface area contributed by atoms with E-state index in [0.717, 1.165) is 44.1 Å². The van der Waals surface area contributed by atoms with E-state index in [1.54, 1.807) is 7.11 Å². The predicted octanol–water partition coefficient (Wildman–Crippen LogP) is 2.72. The van der Waals surface area contributed by atoms with Gasteiger partial charge in [0, 0.05) is 33.4 Å². The van der Waals surface area contributed by atoms with Crippen LogP contribution >= 0.6 is 0 Å². The van der Waals surface area contributed by atoms with Crippen molar-refractivity contribution >= 4 is 5.96 Å². The van der Waals surface area contributed by atoms with Crippen molar-refractivity contribution in [1.82, 2.24) is 20.4 Å². The highest BCUT2D eigenvalue weighted by Gasteiger charge is 2.06. The number of ether oxygens (including phenoxy) is 1. The standard InChI is InChI=1S/C20H31N5O/c1-16(18-7-9-19(26-4)10-8-18)11-13-23-20(21-2)22-12-5-6-17-14-24-25(3)15-17/h7-10,14-16H,5-6,11-13H2,1-4H3,(H2,21,22,23). The minimum atomic E-state index is 0.483. The van der Waals surface area contributed by atoms with Crippen LogP contribution in [0, 0.1) is 0 Å². The third-order valence-corrected chi connectivity index (χ3v) is 4.47. The minimum absolute atomic E-state index is 0.483. The summed E-state index contributed by atoms with van der Waals surface area (Å²) in [6.07, 6.45) is 7.10. The van der Waals surface area contributed by atoms with Gasteiger partial charge in [-0.3, -0.25) is 9.67 Å². The molecule has 0 spiro atoms. The summed E-state index contributed by atoms with van der Waals surface area (Å²) < 4.78 is 7.05. The largest absolute Gasteiger partial charge is 0.497 e. The second kappa shape index (κ2) is 10.5. The Bertz CT molecular complexity index is 678. The van der Waals surface area contributed by atoms with E-state index in [-0.39, 0.29) is 0 Å². The number of nitrogens with zero attached hydrogens (tertiary/aromatic N) is 3. The van der Waals surface area contributed by atoms with Gasteiger partial charge in [-0.25, -0.2) is 0 Å². The lowest BCUT2D eigenvalue weighted by molar-refractivity contribution is 0.414. The smallest absolute Gasteiger partial charge is 0.190 e. The maximum atomic E-state index is 5.21.